The Morgan fingerprint density at radius 3 is 2.04 bits per heavy atom. The highest BCUT2D eigenvalue weighted by Gasteiger charge is 2.52. The van der Waals surface area contributed by atoms with E-state index in [1.54, 1.807) is 0 Å². The number of fused-ring (bicyclic) bond motifs is 1. The van der Waals surface area contributed by atoms with Gasteiger partial charge in [0.25, 0.3) is 5.76 Å². The van der Waals surface area contributed by atoms with Gasteiger partial charge in [-0.05, 0) is 12.1 Å². The maximum absolute atomic E-state index is 12.7. The number of aliphatic hydroxyl groups excluding tert-OH is 1. The van der Waals surface area contributed by atoms with Crippen molar-refractivity contribution in [2.75, 3.05) is 0 Å². The average Bonchev–Trinajstić information content (AvgIpc) is 2.45. The fraction of sp³-hybridized carbons (Fsp3) is 0.143. The Kier molecular flexibility index (Phi) is 4.06. The van der Waals surface area contributed by atoms with Crippen LogP contribution in [-0.2, 0) is 4.79 Å². The van der Waals surface area contributed by atoms with Gasteiger partial charge in [-0.15, -0.1) is 0 Å². The molecule has 1 aromatic carbocycles. The normalized spacial score (nSPS) is 13.8. The molecular weight excluding hydrogens is 328 g/mol. The maximum atomic E-state index is 12.7. The van der Waals surface area contributed by atoms with Crippen LogP contribution in [0.2, 0.25) is 0 Å². The molecule has 0 amide bonds. The molecule has 0 aliphatic heterocycles. The second-order valence-electron chi connectivity index (χ2n) is 4.46. The Morgan fingerprint density at radius 2 is 1.48 bits per heavy atom. The molecule has 0 fully saturated rings. The summed E-state index contributed by atoms with van der Waals surface area (Å²) in [6.45, 7) is 0. The fourth-order valence-corrected chi connectivity index (χ4v) is 1.96. The molecule has 0 radical (unpaired) electrons. The summed E-state index contributed by atoms with van der Waals surface area (Å²) in [5.74, 6) is -5.41. The second kappa shape index (κ2) is 5.56. The lowest BCUT2D eigenvalue weighted by atomic mass is 10.1. The summed E-state index contributed by atoms with van der Waals surface area (Å²) in [5.41, 5.74) is -2.00. The van der Waals surface area contributed by atoms with Gasteiger partial charge in [-0.2, -0.15) is 30.9 Å². The Balaban J connectivity index is 2.85. The number of carbonyl (C=O) groups excluding carboxylic acids is 1. The van der Waals surface area contributed by atoms with E-state index in [-0.39, 0.29) is 10.9 Å². The topological polar surface area (TPSA) is 41.2 Å². The molecule has 0 saturated heterocycles. The summed E-state index contributed by atoms with van der Waals surface area (Å²) >= 11 is 0. The number of pyridine rings is 1. The molecule has 0 spiro atoms. The van der Waals surface area contributed by atoms with Crippen molar-refractivity contribution in [3.63, 3.8) is 0 Å². The minimum atomic E-state index is -5.58. The molecule has 9 heteroatoms. The number of alkyl halides is 6. The molecular formula is C14H8F6NO2+. The van der Waals surface area contributed by atoms with E-state index in [0.29, 0.717) is 4.57 Å². The molecule has 23 heavy (non-hydrogen) atoms. The molecule has 2 rings (SSSR count). The number of Topliss-reactive ketones (excluding diaryl/α,β-unsaturated/α-hetero) is 1. The minimum Gasteiger partial charge on any atom is -0.499 e. The lowest BCUT2D eigenvalue weighted by Crippen LogP contribution is -2.44. The van der Waals surface area contributed by atoms with E-state index in [4.69, 9.17) is 0 Å². The third-order valence-corrected chi connectivity index (χ3v) is 2.91. The van der Waals surface area contributed by atoms with Crippen LogP contribution in [0.15, 0.2) is 48.4 Å². The number of aromatic nitrogens is 1. The quantitative estimate of drug-likeness (QED) is 0.394. The molecule has 1 heterocycles. The number of para-hydroxylation sites is 1. The number of aliphatic hydroxyl groups is 1. The van der Waals surface area contributed by atoms with Gasteiger partial charge in [0, 0.05) is 17.5 Å². The number of nitrogens with zero attached hydrogens (tertiary/aromatic N) is 1. The van der Waals surface area contributed by atoms with Crippen molar-refractivity contribution >= 4 is 22.4 Å². The van der Waals surface area contributed by atoms with E-state index in [0.717, 1.165) is 12.3 Å². The van der Waals surface area contributed by atoms with Crippen molar-refractivity contribution in [2.45, 2.75) is 12.4 Å². The molecule has 0 saturated carbocycles. The second-order valence-corrected chi connectivity index (χ2v) is 4.46. The van der Waals surface area contributed by atoms with Crippen molar-refractivity contribution in [1.82, 2.24) is 0 Å². The van der Waals surface area contributed by atoms with E-state index in [1.165, 1.54) is 30.3 Å². The Labute approximate surface area is 125 Å². The highest BCUT2D eigenvalue weighted by atomic mass is 19.4. The smallest absolute Gasteiger partial charge is 0.461 e. The Hall–Kier alpha value is -2.58. The summed E-state index contributed by atoms with van der Waals surface area (Å²) < 4.78 is 76.4. The van der Waals surface area contributed by atoms with Crippen LogP contribution >= 0.6 is 0 Å². The van der Waals surface area contributed by atoms with Crippen LogP contribution in [0.5, 0.6) is 0 Å². The highest BCUT2D eigenvalue weighted by Crippen LogP contribution is 2.30. The molecule has 1 N–H and O–H groups in total. The summed E-state index contributed by atoms with van der Waals surface area (Å²) in [6.07, 6.45) is -10.3. The number of carbonyl (C=O) groups is 1. The number of rotatable bonds is 2. The van der Waals surface area contributed by atoms with Crippen molar-refractivity contribution in [1.29, 1.82) is 0 Å². The van der Waals surface area contributed by atoms with E-state index in [9.17, 15) is 36.2 Å². The van der Waals surface area contributed by atoms with Crippen molar-refractivity contribution in [3.8, 4) is 0 Å². The molecule has 2 aromatic rings. The Morgan fingerprint density at radius 1 is 0.913 bits per heavy atom. The number of hydrogen-bond acceptors (Lipinski definition) is 2. The first-order valence-electron chi connectivity index (χ1n) is 6.05. The number of ketones is 1. The van der Waals surface area contributed by atoms with E-state index < -0.39 is 29.6 Å². The monoisotopic (exact) mass is 336 g/mol. The van der Waals surface area contributed by atoms with Gasteiger partial charge in [0.05, 0.1) is 0 Å². The molecule has 0 aliphatic carbocycles. The largest absolute Gasteiger partial charge is 0.499 e. The van der Waals surface area contributed by atoms with Crippen LogP contribution in [-0.4, -0.2) is 23.2 Å². The SMILES string of the molecule is O=C(C(=C(O)C(F)(F)F)[n+]1cccc2ccccc21)C(F)(F)F. The van der Waals surface area contributed by atoms with Crippen LogP contribution in [0.1, 0.15) is 0 Å². The van der Waals surface area contributed by atoms with Crippen LogP contribution in [0.3, 0.4) is 0 Å². The third kappa shape index (κ3) is 3.27. The fourth-order valence-electron chi connectivity index (χ4n) is 1.96. The predicted octanol–water partition coefficient (Wildman–Crippen LogP) is 3.55. The van der Waals surface area contributed by atoms with Crippen molar-refractivity contribution < 1.29 is 40.8 Å². The van der Waals surface area contributed by atoms with E-state index in [2.05, 4.69) is 0 Å². The molecule has 122 valence electrons. The number of benzene rings is 1. The van der Waals surface area contributed by atoms with Gasteiger partial charge in [-0.3, -0.25) is 4.79 Å². The van der Waals surface area contributed by atoms with Gasteiger partial charge >= 0.3 is 23.8 Å². The molecule has 0 unspecified atom stereocenters. The lowest BCUT2D eigenvalue weighted by Gasteiger charge is -2.10. The zero-order valence-corrected chi connectivity index (χ0v) is 11.1. The first-order valence-corrected chi connectivity index (χ1v) is 6.05. The van der Waals surface area contributed by atoms with Gasteiger partial charge in [0.15, 0.2) is 6.20 Å². The predicted molar refractivity (Wildman–Crippen MR) is 67.1 cm³/mol. The van der Waals surface area contributed by atoms with Crippen molar-refractivity contribution in [3.05, 3.63) is 48.4 Å². The van der Waals surface area contributed by atoms with Crippen LogP contribution in [0.4, 0.5) is 26.3 Å². The Bertz CT molecular complexity index is 786. The molecule has 3 nitrogen and oxygen atoms in total. The van der Waals surface area contributed by atoms with Crippen LogP contribution in [0.25, 0.3) is 16.6 Å². The molecule has 0 atom stereocenters. The van der Waals surface area contributed by atoms with Gasteiger partial charge in [0.1, 0.15) is 0 Å². The lowest BCUT2D eigenvalue weighted by molar-refractivity contribution is -0.551. The first-order chi connectivity index (χ1) is 10.5. The first kappa shape index (κ1) is 16.8. The minimum absolute atomic E-state index is 0.0987. The number of allylic oxidation sites excluding steroid dienone is 2. The summed E-state index contributed by atoms with van der Waals surface area (Å²) in [6, 6.07) is 8.15. The number of halogens is 6. The van der Waals surface area contributed by atoms with Crippen LogP contribution in [0, 0.1) is 0 Å². The average molecular weight is 336 g/mol. The van der Waals surface area contributed by atoms with Gasteiger partial charge in [-0.1, -0.05) is 12.1 Å². The number of hydrogen-bond donors (Lipinski definition) is 1. The molecule has 0 aliphatic rings. The third-order valence-electron chi connectivity index (χ3n) is 2.91. The standard InChI is InChI=1S/C14H7F6NO2/c15-13(16,17)11(22)10(12(23)14(18,19)20)21-7-3-5-8-4-1-2-6-9(8)21/h1-7H/p+1. The molecule has 1 aromatic heterocycles. The summed E-state index contributed by atoms with van der Waals surface area (Å²) in [7, 11) is 0. The van der Waals surface area contributed by atoms with E-state index in [1.807, 2.05) is 0 Å². The van der Waals surface area contributed by atoms with Gasteiger partial charge in [-0.25, -0.2) is 0 Å². The maximum Gasteiger partial charge on any atom is 0.461 e. The molecule has 0 bridgehead atoms. The van der Waals surface area contributed by atoms with Gasteiger partial charge in [0.2, 0.25) is 5.52 Å². The van der Waals surface area contributed by atoms with E-state index >= 15 is 0 Å². The van der Waals surface area contributed by atoms with Gasteiger partial charge < -0.3 is 5.11 Å². The van der Waals surface area contributed by atoms with Crippen molar-refractivity contribution in [2.24, 2.45) is 0 Å². The summed E-state index contributed by atoms with van der Waals surface area (Å²) in [4.78, 5) is 11.4. The summed E-state index contributed by atoms with van der Waals surface area (Å²) in [5, 5.41) is 9.49. The highest BCUT2D eigenvalue weighted by molar-refractivity contribution is 6.15. The zero-order chi connectivity index (χ0) is 17.4. The zero-order valence-electron chi connectivity index (χ0n) is 11.1. The van der Waals surface area contributed by atoms with Crippen LogP contribution < -0.4 is 4.57 Å².